The van der Waals surface area contributed by atoms with Gasteiger partial charge in [-0.2, -0.15) is 0 Å². The molecule has 0 amide bonds. The molecule has 3 rings (SSSR count). The summed E-state index contributed by atoms with van der Waals surface area (Å²) < 4.78 is 0. The van der Waals surface area contributed by atoms with Crippen molar-refractivity contribution in [3.8, 4) is 0 Å². The fraction of sp³-hybridized carbons (Fsp3) is 0.700. The summed E-state index contributed by atoms with van der Waals surface area (Å²) in [5.74, 6) is 0.866. The number of hydrogen-bond donors (Lipinski definition) is 1. The van der Waals surface area contributed by atoms with Crippen molar-refractivity contribution >= 4 is 5.69 Å². The van der Waals surface area contributed by atoms with Gasteiger partial charge >= 0.3 is 0 Å². The van der Waals surface area contributed by atoms with Gasteiger partial charge in [0.15, 0.2) is 0 Å². The first-order valence-electron chi connectivity index (χ1n) is 9.09. The third kappa shape index (κ3) is 3.12. The Bertz CT molecular complexity index is 467. The lowest BCUT2D eigenvalue weighted by molar-refractivity contribution is 0.215. The molecule has 2 aliphatic rings. The molecule has 1 unspecified atom stereocenters. The van der Waals surface area contributed by atoms with Crippen LogP contribution in [0.4, 0.5) is 5.69 Å². The summed E-state index contributed by atoms with van der Waals surface area (Å²) in [6.07, 6.45) is 15.7. The van der Waals surface area contributed by atoms with E-state index in [1.807, 2.05) is 0 Å². The lowest BCUT2D eigenvalue weighted by atomic mass is 9.56. The van der Waals surface area contributed by atoms with Gasteiger partial charge in [-0.1, -0.05) is 64.4 Å². The highest BCUT2D eigenvalue weighted by atomic mass is 14.6. The number of benzene rings is 1. The second-order valence-corrected chi connectivity index (χ2v) is 7.61. The molecule has 0 spiro atoms. The molecule has 2 N–H and O–H groups in total. The van der Waals surface area contributed by atoms with Crippen LogP contribution < -0.4 is 5.73 Å². The Morgan fingerprint density at radius 3 is 2.10 bits per heavy atom. The van der Waals surface area contributed by atoms with E-state index in [0.29, 0.717) is 5.41 Å². The van der Waals surface area contributed by atoms with Gasteiger partial charge in [0.1, 0.15) is 0 Å². The van der Waals surface area contributed by atoms with Crippen molar-refractivity contribution in [1.29, 1.82) is 0 Å². The molecule has 1 aromatic carbocycles. The molecular formula is C20H31N. The van der Waals surface area contributed by atoms with E-state index < -0.39 is 0 Å². The summed E-state index contributed by atoms with van der Waals surface area (Å²) in [5.41, 5.74) is 10.5. The van der Waals surface area contributed by atoms with E-state index in [2.05, 4.69) is 25.1 Å². The maximum Gasteiger partial charge on any atom is 0.0317 e. The molecule has 0 aromatic heterocycles. The van der Waals surface area contributed by atoms with Crippen LogP contribution in [0.15, 0.2) is 18.2 Å². The summed E-state index contributed by atoms with van der Waals surface area (Å²) in [6, 6.07) is 6.57. The van der Waals surface area contributed by atoms with Crippen LogP contribution in [-0.4, -0.2) is 0 Å². The van der Waals surface area contributed by atoms with Crippen molar-refractivity contribution in [2.45, 2.75) is 83.0 Å². The van der Waals surface area contributed by atoms with Crippen LogP contribution >= 0.6 is 0 Å². The maximum atomic E-state index is 6.03. The van der Waals surface area contributed by atoms with E-state index >= 15 is 0 Å². The van der Waals surface area contributed by atoms with E-state index in [1.165, 1.54) is 70.6 Å². The normalized spacial score (nSPS) is 28.2. The molecule has 116 valence electrons. The fourth-order valence-corrected chi connectivity index (χ4v) is 4.65. The number of rotatable bonds is 1. The topological polar surface area (TPSA) is 26.0 Å². The summed E-state index contributed by atoms with van der Waals surface area (Å²) in [5, 5.41) is 0. The highest BCUT2D eigenvalue weighted by Crippen LogP contribution is 2.50. The van der Waals surface area contributed by atoms with Gasteiger partial charge in [-0.15, -0.1) is 0 Å². The first-order chi connectivity index (χ1) is 10.2. The molecule has 21 heavy (non-hydrogen) atoms. The molecule has 1 saturated carbocycles. The summed E-state index contributed by atoms with van der Waals surface area (Å²) in [6.45, 7) is 2.50. The quantitative estimate of drug-likeness (QED) is 0.666. The van der Waals surface area contributed by atoms with Gasteiger partial charge in [0.25, 0.3) is 0 Å². The Labute approximate surface area is 130 Å². The van der Waals surface area contributed by atoms with Gasteiger partial charge in [-0.3, -0.25) is 0 Å². The van der Waals surface area contributed by atoms with Crippen LogP contribution in [0.2, 0.25) is 0 Å². The fourth-order valence-electron chi connectivity index (χ4n) is 4.65. The minimum Gasteiger partial charge on any atom is -0.399 e. The zero-order chi connectivity index (χ0) is 14.7. The Morgan fingerprint density at radius 1 is 0.905 bits per heavy atom. The standard InChI is InChI=1S/C20H31N/c1-20(15-16-12-13-18(21)14-19(16)20)17-10-8-6-4-2-3-5-7-9-11-17/h12-14,17H,2-11,15,21H2,1H3. The number of nitrogen functional groups attached to an aromatic ring is 1. The second kappa shape index (κ2) is 6.42. The van der Waals surface area contributed by atoms with E-state index in [9.17, 15) is 0 Å². The Kier molecular flexibility index (Phi) is 4.57. The second-order valence-electron chi connectivity index (χ2n) is 7.61. The average molecular weight is 285 g/mol. The first-order valence-corrected chi connectivity index (χ1v) is 9.09. The molecular weight excluding hydrogens is 254 g/mol. The lowest BCUT2D eigenvalue weighted by Crippen LogP contribution is -2.43. The molecule has 1 atom stereocenters. The van der Waals surface area contributed by atoms with Gasteiger partial charge in [0, 0.05) is 5.69 Å². The van der Waals surface area contributed by atoms with Gasteiger partial charge in [0.2, 0.25) is 0 Å². The largest absolute Gasteiger partial charge is 0.399 e. The Balaban J connectivity index is 1.73. The molecule has 0 heterocycles. The molecule has 0 bridgehead atoms. The SMILES string of the molecule is CC1(C2CCCCCCCCCC2)Cc2ccc(N)cc21. The molecule has 1 nitrogen and oxygen atoms in total. The smallest absolute Gasteiger partial charge is 0.0317 e. The number of nitrogens with two attached hydrogens (primary N) is 1. The van der Waals surface area contributed by atoms with E-state index in [0.717, 1.165) is 11.6 Å². The predicted octanol–water partition coefficient (Wildman–Crippen LogP) is 5.61. The van der Waals surface area contributed by atoms with Crippen LogP contribution in [0.1, 0.15) is 82.3 Å². The molecule has 2 aliphatic carbocycles. The van der Waals surface area contributed by atoms with Crippen molar-refractivity contribution in [3.63, 3.8) is 0 Å². The zero-order valence-electron chi connectivity index (χ0n) is 13.7. The molecule has 0 saturated heterocycles. The van der Waals surface area contributed by atoms with Crippen molar-refractivity contribution in [1.82, 2.24) is 0 Å². The Hall–Kier alpha value is -0.980. The van der Waals surface area contributed by atoms with Gasteiger partial charge < -0.3 is 5.73 Å². The Morgan fingerprint density at radius 2 is 1.48 bits per heavy atom. The number of fused-ring (bicyclic) bond motifs is 1. The molecule has 1 fully saturated rings. The highest BCUT2D eigenvalue weighted by Gasteiger charge is 2.43. The van der Waals surface area contributed by atoms with Crippen LogP contribution in [-0.2, 0) is 11.8 Å². The van der Waals surface area contributed by atoms with E-state index in [1.54, 1.807) is 11.1 Å². The van der Waals surface area contributed by atoms with Crippen molar-refractivity contribution in [2.24, 2.45) is 5.92 Å². The van der Waals surface area contributed by atoms with Gasteiger partial charge in [-0.05, 0) is 53.9 Å². The van der Waals surface area contributed by atoms with Crippen LogP contribution in [0.25, 0.3) is 0 Å². The van der Waals surface area contributed by atoms with E-state index in [4.69, 9.17) is 5.73 Å². The summed E-state index contributed by atoms with van der Waals surface area (Å²) in [4.78, 5) is 0. The lowest BCUT2D eigenvalue weighted by Gasteiger charge is -2.47. The van der Waals surface area contributed by atoms with Crippen LogP contribution in [0.3, 0.4) is 0 Å². The summed E-state index contributed by atoms with van der Waals surface area (Å²) in [7, 11) is 0. The minimum atomic E-state index is 0.402. The average Bonchev–Trinajstić information content (AvgIpc) is 2.53. The molecule has 0 aliphatic heterocycles. The molecule has 1 aromatic rings. The number of hydrogen-bond acceptors (Lipinski definition) is 1. The molecule has 1 heteroatoms. The van der Waals surface area contributed by atoms with Crippen molar-refractivity contribution in [3.05, 3.63) is 29.3 Å². The molecule has 0 radical (unpaired) electrons. The third-order valence-corrected chi connectivity index (χ3v) is 6.06. The zero-order valence-corrected chi connectivity index (χ0v) is 13.7. The van der Waals surface area contributed by atoms with Crippen LogP contribution in [0, 0.1) is 5.92 Å². The first kappa shape index (κ1) is 14.9. The third-order valence-electron chi connectivity index (χ3n) is 6.06. The van der Waals surface area contributed by atoms with Crippen molar-refractivity contribution < 1.29 is 0 Å². The van der Waals surface area contributed by atoms with E-state index in [-0.39, 0.29) is 0 Å². The minimum absolute atomic E-state index is 0.402. The highest BCUT2D eigenvalue weighted by molar-refractivity contribution is 5.54. The van der Waals surface area contributed by atoms with Gasteiger partial charge in [0.05, 0.1) is 0 Å². The number of anilines is 1. The van der Waals surface area contributed by atoms with Crippen LogP contribution in [0.5, 0.6) is 0 Å². The van der Waals surface area contributed by atoms with Gasteiger partial charge in [-0.25, -0.2) is 0 Å². The predicted molar refractivity (Wildman–Crippen MR) is 91.6 cm³/mol. The maximum absolute atomic E-state index is 6.03. The summed E-state index contributed by atoms with van der Waals surface area (Å²) >= 11 is 0. The van der Waals surface area contributed by atoms with Crippen molar-refractivity contribution in [2.75, 3.05) is 5.73 Å². The monoisotopic (exact) mass is 285 g/mol.